The summed E-state index contributed by atoms with van der Waals surface area (Å²) in [5.41, 5.74) is 0. The van der Waals surface area contributed by atoms with Crippen LogP contribution in [0.15, 0.2) is 0 Å². The van der Waals surface area contributed by atoms with Gasteiger partial charge < -0.3 is 4.28 Å². The van der Waals surface area contributed by atoms with Gasteiger partial charge in [-0.15, -0.1) is 0 Å². The van der Waals surface area contributed by atoms with Crippen LogP contribution >= 0.6 is 0 Å². The Morgan fingerprint density at radius 2 is 1.14 bits per heavy atom. The normalized spacial score (nSPS) is 0. The van der Waals surface area contributed by atoms with Gasteiger partial charge in [0.15, 0.2) is 17.4 Å². The first-order valence-corrected chi connectivity index (χ1v) is 0. The van der Waals surface area contributed by atoms with Crippen molar-refractivity contribution in [2.24, 2.45) is 0 Å². The fourth-order valence-corrected chi connectivity index (χ4v) is 0. The maximum atomic E-state index is 0. The standard InChI is InChI=1S/Al.Ba.FH.La.Na.Pb.Zr.8H/h;;1H;;;;;;;;;;;;/q;+2;;;+1;;;;;;;;3*-1. The maximum absolute atomic E-state index is 0. The molecule has 7 heteroatoms. The van der Waals surface area contributed by atoms with E-state index in [-0.39, 0.29) is 194 Å². The summed E-state index contributed by atoms with van der Waals surface area (Å²) in [7, 11) is 0. The van der Waals surface area contributed by atoms with Crippen LogP contribution in [0.25, 0.3) is 0 Å². The summed E-state index contributed by atoms with van der Waals surface area (Å²) >= 11 is 0. The zero-order valence-corrected chi connectivity index (χ0v) is 21.9. The van der Waals surface area contributed by atoms with Crippen LogP contribution in [-0.4, -0.2) is 93.5 Å². The first-order chi connectivity index (χ1) is 0. The van der Waals surface area contributed by atoms with Gasteiger partial charge >= 0.3 is 106 Å². The second-order valence-corrected chi connectivity index (χ2v) is 0. The van der Waals surface area contributed by atoms with Crippen LogP contribution in [0.2, 0.25) is 0 Å². The Hall–Kier alpha value is 6.03. The van der Waals surface area contributed by atoms with Crippen LogP contribution in [0.5, 0.6) is 0 Å². The van der Waals surface area contributed by atoms with Gasteiger partial charge in [-0.05, 0) is 0 Å². The van der Waals surface area contributed by atoms with Gasteiger partial charge in [0, 0.05) is 61.8 Å². The van der Waals surface area contributed by atoms with Gasteiger partial charge in [0.25, 0.3) is 0 Å². The van der Waals surface area contributed by atoms with Crippen LogP contribution in [0.4, 0.5) is 4.70 Å². The van der Waals surface area contributed by atoms with Gasteiger partial charge in [0.1, 0.15) is 0 Å². The predicted octanol–water partition coefficient (Wildman–Crippen LogP) is -4.99. The van der Waals surface area contributed by atoms with Crippen LogP contribution in [-0.2, 0) is 26.2 Å². The summed E-state index contributed by atoms with van der Waals surface area (Å²) in [5, 5.41) is 0. The van der Waals surface area contributed by atoms with E-state index in [2.05, 4.69) is 0 Å². The van der Waals surface area contributed by atoms with Crippen molar-refractivity contribution < 1.29 is 100 Å². The predicted molar refractivity (Wildman–Crippen MR) is 30.1 cm³/mol. The minimum absolute atomic E-state index is 0. The van der Waals surface area contributed by atoms with Crippen LogP contribution < -0.4 is 29.6 Å². The zero-order valence-electron chi connectivity index (χ0n) is 6.90. The number of halogens is 1. The fraction of sp³-hybridized carbons (Fsp3) is 0. The minimum atomic E-state index is 0. The van der Waals surface area contributed by atoms with Gasteiger partial charge in [0.05, 0.1) is 0 Å². The Labute approximate surface area is 188 Å². The Morgan fingerprint density at radius 3 is 1.14 bits per heavy atom. The van der Waals surface area contributed by atoms with Gasteiger partial charge in [-0.3, -0.25) is 4.70 Å². The average Bonchev–Trinajstić information content (AvgIpc) is 0. The second-order valence-electron chi connectivity index (χ2n) is 0. The van der Waals surface area contributed by atoms with E-state index in [1.165, 1.54) is 0 Å². The van der Waals surface area contributed by atoms with Crippen molar-refractivity contribution in [1.29, 1.82) is 0 Å². The van der Waals surface area contributed by atoms with Crippen molar-refractivity contribution in [1.82, 2.24) is 0 Å². The summed E-state index contributed by atoms with van der Waals surface area (Å²) in [5.74, 6) is 0. The molecule has 0 aliphatic carbocycles. The van der Waals surface area contributed by atoms with E-state index >= 15 is 0 Å². The van der Waals surface area contributed by atoms with E-state index in [4.69, 9.17) is 0 Å². The van der Waals surface area contributed by atoms with Crippen molar-refractivity contribution in [3.8, 4) is 0 Å². The number of rotatable bonds is 0. The molecule has 0 rings (SSSR count). The summed E-state index contributed by atoms with van der Waals surface area (Å²) in [6.07, 6.45) is 0. The molecule has 0 aliphatic rings. The smallest absolute Gasteiger partial charge is 0 e. The molecule has 0 spiro atoms. The SMILES string of the molecule is F.[AlH3].[Ba+2].[H-].[H-].[H-].[La].[Na+].[PbH2].[Zr]. The Kier molecular flexibility index (Phi) is 298. The quantitative estimate of drug-likeness (QED) is 0.230. The van der Waals surface area contributed by atoms with E-state index in [0.29, 0.717) is 0 Å². The molecule has 0 aromatic heterocycles. The molecule has 0 nitrogen and oxygen atoms in total. The second kappa shape index (κ2) is 40.2. The van der Waals surface area contributed by atoms with Crippen LogP contribution in [0, 0.1) is 35.6 Å². The third-order valence-corrected chi connectivity index (χ3v) is 0. The monoisotopic (exact) mass is 653 g/mol. The molecular weight excluding hydrogens is 644 g/mol. The molecular formula is H9AlBaFLaNaPbZr. The first-order valence-electron chi connectivity index (χ1n) is 0. The van der Waals surface area contributed by atoms with E-state index in [0.717, 1.165) is 0 Å². The molecule has 0 fully saturated rings. The Morgan fingerprint density at radius 1 is 1.14 bits per heavy atom. The molecule has 7 heavy (non-hydrogen) atoms. The summed E-state index contributed by atoms with van der Waals surface area (Å²) in [6.45, 7) is 0. The number of hydrogen-bond donors (Lipinski definition) is 0. The Bertz CT molecular complexity index is 28.5. The number of hydrogen-bond acceptors (Lipinski definition) is 0. The molecule has 0 heterocycles. The zero-order chi connectivity index (χ0) is 0. The third-order valence-electron chi connectivity index (χ3n) is 0. The van der Waals surface area contributed by atoms with Gasteiger partial charge in [-0.25, -0.2) is 0 Å². The van der Waals surface area contributed by atoms with Crippen molar-refractivity contribution in [3.05, 3.63) is 0 Å². The average molecular weight is 653 g/mol. The minimum Gasteiger partial charge on any atom is 0 e. The van der Waals surface area contributed by atoms with Crippen molar-refractivity contribution in [3.63, 3.8) is 0 Å². The van der Waals surface area contributed by atoms with Crippen LogP contribution in [0.3, 0.4) is 0 Å². The molecule has 0 atom stereocenters. The largest absolute Gasteiger partial charge is 0 e. The van der Waals surface area contributed by atoms with Crippen molar-refractivity contribution >= 4 is 93.5 Å². The molecule has 0 aromatic rings. The molecule has 0 bridgehead atoms. The van der Waals surface area contributed by atoms with E-state index in [1.54, 1.807) is 0 Å². The molecule has 0 amide bonds. The molecule has 0 unspecified atom stereocenters. The molecule has 0 saturated carbocycles. The summed E-state index contributed by atoms with van der Waals surface area (Å²) in [4.78, 5) is 0. The third kappa shape index (κ3) is 33.3. The molecule has 0 aliphatic heterocycles. The van der Waals surface area contributed by atoms with E-state index in [1.807, 2.05) is 0 Å². The summed E-state index contributed by atoms with van der Waals surface area (Å²) in [6, 6.07) is 0. The van der Waals surface area contributed by atoms with Gasteiger partial charge in [-0.1, -0.05) is 0 Å². The van der Waals surface area contributed by atoms with E-state index < -0.39 is 0 Å². The van der Waals surface area contributed by atoms with Crippen LogP contribution in [0.1, 0.15) is 4.28 Å². The molecule has 0 aromatic carbocycles. The van der Waals surface area contributed by atoms with Crippen molar-refractivity contribution in [2.45, 2.75) is 0 Å². The van der Waals surface area contributed by atoms with E-state index in [9.17, 15) is 0 Å². The fourth-order valence-electron chi connectivity index (χ4n) is 0. The maximum Gasteiger partial charge on any atom is 0 e. The molecule has 3 radical (unpaired) electrons. The molecule has 0 saturated heterocycles. The molecule has 0 N–H and O–H groups in total. The van der Waals surface area contributed by atoms with Gasteiger partial charge in [-0.2, -0.15) is 0 Å². The molecule has 33 valence electrons. The summed E-state index contributed by atoms with van der Waals surface area (Å²) < 4.78 is 0. The van der Waals surface area contributed by atoms with Crippen molar-refractivity contribution in [2.75, 3.05) is 0 Å². The van der Waals surface area contributed by atoms with Gasteiger partial charge in [0.2, 0.25) is 0 Å². The Balaban J connectivity index is 0. The first kappa shape index (κ1) is 51.8. The topological polar surface area (TPSA) is 0 Å².